The van der Waals surface area contributed by atoms with Gasteiger partial charge in [0.2, 0.25) is 0 Å². The van der Waals surface area contributed by atoms with Crippen LogP contribution in [0.1, 0.15) is 19.8 Å². The number of nitrogens with zero attached hydrogens (tertiary/aromatic N) is 2. The first-order valence-electron chi connectivity index (χ1n) is 4.69. The summed E-state index contributed by atoms with van der Waals surface area (Å²) < 4.78 is 0. The molecule has 1 aliphatic heterocycles. The highest BCUT2D eigenvalue weighted by Crippen LogP contribution is 2.08. The highest BCUT2D eigenvalue weighted by Gasteiger charge is 2.17. The second-order valence-corrected chi connectivity index (χ2v) is 3.29. The van der Waals surface area contributed by atoms with Crippen molar-refractivity contribution in [2.45, 2.75) is 25.8 Å². The van der Waals surface area contributed by atoms with Crippen molar-refractivity contribution in [2.75, 3.05) is 26.2 Å². The molecule has 1 aliphatic rings. The minimum atomic E-state index is 0.585. The molecule has 1 fully saturated rings. The van der Waals surface area contributed by atoms with Crippen LogP contribution in [0, 0.1) is 11.3 Å². The molecule has 1 atom stereocenters. The Hall–Kier alpha value is -0.590. The van der Waals surface area contributed by atoms with Gasteiger partial charge in [-0.25, -0.2) is 0 Å². The molecular formula is C9H17N3. The molecular weight excluding hydrogens is 150 g/mol. The lowest BCUT2D eigenvalue weighted by molar-refractivity contribution is 0.211. The van der Waals surface area contributed by atoms with Crippen LogP contribution in [0.4, 0.5) is 0 Å². The number of nitriles is 1. The van der Waals surface area contributed by atoms with E-state index in [1.54, 1.807) is 0 Å². The van der Waals surface area contributed by atoms with Gasteiger partial charge in [0.25, 0.3) is 0 Å². The average molecular weight is 167 g/mol. The van der Waals surface area contributed by atoms with Gasteiger partial charge in [-0.3, -0.25) is 4.90 Å². The number of nitrogens with one attached hydrogen (secondary N) is 1. The van der Waals surface area contributed by atoms with Gasteiger partial charge in [0.05, 0.1) is 12.6 Å². The van der Waals surface area contributed by atoms with E-state index in [4.69, 9.17) is 5.26 Å². The first-order chi connectivity index (χ1) is 5.86. The molecule has 0 amide bonds. The summed E-state index contributed by atoms with van der Waals surface area (Å²) in [6.07, 6.45) is 2.48. The van der Waals surface area contributed by atoms with E-state index in [-0.39, 0.29) is 0 Å². The van der Waals surface area contributed by atoms with E-state index in [1.807, 2.05) is 0 Å². The van der Waals surface area contributed by atoms with Crippen molar-refractivity contribution < 1.29 is 0 Å². The highest BCUT2D eigenvalue weighted by molar-refractivity contribution is 4.83. The number of hydrogen-bond acceptors (Lipinski definition) is 3. The molecule has 1 rings (SSSR count). The van der Waals surface area contributed by atoms with Gasteiger partial charge in [0.15, 0.2) is 0 Å². The van der Waals surface area contributed by atoms with Crippen LogP contribution in [-0.2, 0) is 0 Å². The molecule has 3 heteroatoms. The second kappa shape index (κ2) is 5.13. The summed E-state index contributed by atoms with van der Waals surface area (Å²) in [4.78, 5) is 2.22. The Balaban J connectivity index is 2.26. The fourth-order valence-corrected chi connectivity index (χ4v) is 1.75. The van der Waals surface area contributed by atoms with Gasteiger partial charge in [0, 0.05) is 12.6 Å². The van der Waals surface area contributed by atoms with Crippen LogP contribution < -0.4 is 5.32 Å². The molecule has 0 aliphatic carbocycles. The number of likely N-dealkylation sites (tertiary alicyclic amines) is 1. The summed E-state index contributed by atoms with van der Waals surface area (Å²) in [7, 11) is 0. The van der Waals surface area contributed by atoms with Crippen LogP contribution in [0.25, 0.3) is 0 Å². The van der Waals surface area contributed by atoms with E-state index in [9.17, 15) is 0 Å². The van der Waals surface area contributed by atoms with E-state index in [0.717, 1.165) is 19.6 Å². The molecule has 0 saturated carbocycles. The monoisotopic (exact) mass is 167 g/mol. The third-order valence-corrected chi connectivity index (χ3v) is 2.29. The van der Waals surface area contributed by atoms with Gasteiger partial charge in [0.1, 0.15) is 0 Å². The molecule has 1 saturated heterocycles. The van der Waals surface area contributed by atoms with Gasteiger partial charge >= 0.3 is 0 Å². The molecule has 0 aromatic rings. The molecule has 0 bridgehead atoms. The third-order valence-electron chi connectivity index (χ3n) is 2.29. The van der Waals surface area contributed by atoms with E-state index in [0.29, 0.717) is 12.6 Å². The summed E-state index contributed by atoms with van der Waals surface area (Å²) in [5, 5.41) is 11.9. The normalized spacial score (nSPS) is 25.2. The zero-order valence-corrected chi connectivity index (χ0v) is 7.71. The SMILES string of the molecule is CCNC1CCCN(CC#N)C1. The minimum Gasteiger partial charge on any atom is -0.313 e. The Bertz CT molecular complexity index is 160. The predicted octanol–water partition coefficient (Wildman–Crippen LogP) is 0.584. The summed E-state index contributed by atoms with van der Waals surface area (Å²) >= 11 is 0. The zero-order chi connectivity index (χ0) is 8.81. The molecule has 12 heavy (non-hydrogen) atoms. The maximum Gasteiger partial charge on any atom is 0.0866 e. The summed E-state index contributed by atoms with van der Waals surface area (Å²) in [5.41, 5.74) is 0. The van der Waals surface area contributed by atoms with Crippen molar-refractivity contribution in [3.05, 3.63) is 0 Å². The van der Waals surface area contributed by atoms with E-state index >= 15 is 0 Å². The van der Waals surface area contributed by atoms with Gasteiger partial charge in [-0.1, -0.05) is 6.92 Å². The molecule has 1 heterocycles. The van der Waals surface area contributed by atoms with Crippen LogP contribution in [0.3, 0.4) is 0 Å². The Morgan fingerprint density at radius 3 is 3.17 bits per heavy atom. The standard InChI is InChI=1S/C9H17N3/c1-2-11-9-4-3-6-12(8-9)7-5-10/h9,11H,2-4,6-8H2,1H3. The summed E-state index contributed by atoms with van der Waals surface area (Å²) in [6.45, 7) is 5.88. The molecule has 0 aromatic carbocycles. The first kappa shape index (κ1) is 9.50. The third kappa shape index (κ3) is 2.80. The summed E-state index contributed by atoms with van der Waals surface area (Å²) in [6, 6.07) is 2.81. The Morgan fingerprint density at radius 2 is 2.50 bits per heavy atom. The molecule has 0 radical (unpaired) electrons. The van der Waals surface area contributed by atoms with Crippen LogP contribution in [-0.4, -0.2) is 37.1 Å². The zero-order valence-electron chi connectivity index (χ0n) is 7.71. The van der Waals surface area contributed by atoms with Crippen molar-refractivity contribution in [1.82, 2.24) is 10.2 Å². The number of likely N-dealkylation sites (N-methyl/N-ethyl adjacent to an activating group) is 1. The predicted molar refractivity (Wildman–Crippen MR) is 48.8 cm³/mol. The smallest absolute Gasteiger partial charge is 0.0866 e. The minimum absolute atomic E-state index is 0.585. The van der Waals surface area contributed by atoms with Crippen LogP contribution >= 0.6 is 0 Å². The van der Waals surface area contributed by atoms with Crippen molar-refractivity contribution in [2.24, 2.45) is 0 Å². The van der Waals surface area contributed by atoms with E-state index in [1.165, 1.54) is 12.8 Å². The van der Waals surface area contributed by atoms with E-state index in [2.05, 4.69) is 23.2 Å². The lowest BCUT2D eigenvalue weighted by Gasteiger charge is -2.31. The lowest BCUT2D eigenvalue weighted by Crippen LogP contribution is -2.45. The largest absolute Gasteiger partial charge is 0.313 e. The maximum atomic E-state index is 8.52. The van der Waals surface area contributed by atoms with Crippen LogP contribution in [0.5, 0.6) is 0 Å². The summed E-state index contributed by atoms with van der Waals surface area (Å²) in [5.74, 6) is 0. The van der Waals surface area contributed by atoms with Crippen molar-refractivity contribution in [3.63, 3.8) is 0 Å². The highest BCUT2D eigenvalue weighted by atomic mass is 15.2. The average Bonchev–Trinajstić information content (AvgIpc) is 2.06. The Morgan fingerprint density at radius 1 is 1.67 bits per heavy atom. The van der Waals surface area contributed by atoms with Gasteiger partial charge in [-0.2, -0.15) is 5.26 Å². The molecule has 3 nitrogen and oxygen atoms in total. The molecule has 1 N–H and O–H groups in total. The Labute approximate surface area is 74.4 Å². The number of piperidine rings is 1. The van der Waals surface area contributed by atoms with Crippen LogP contribution in [0.15, 0.2) is 0 Å². The number of rotatable bonds is 3. The van der Waals surface area contributed by atoms with Crippen molar-refractivity contribution >= 4 is 0 Å². The first-order valence-corrected chi connectivity index (χ1v) is 4.69. The molecule has 1 unspecified atom stereocenters. The van der Waals surface area contributed by atoms with E-state index < -0.39 is 0 Å². The molecule has 0 aromatic heterocycles. The number of hydrogen-bond donors (Lipinski definition) is 1. The van der Waals surface area contributed by atoms with Crippen molar-refractivity contribution in [3.8, 4) is 6.07 Å². The lowest BCUT2D eigenvalue weighted by atomic mass is 10.1. The van der Waals surface area contributed by atoms with Crippen LogP contribution in [0.2, 0.25) is 0 Å². The quantitative estimate of drug-likeness (QED) is 0.625. The fraction of sp³-hybridized carbons (Fsp3) is 0.889. The fourth-order valence-electron chi connectivity index (χ4n) is 1.75. The maximum absolute atomic E-state index is 8.52. The van der Waals surface area contributed by atoms with Gasteiger partial charge in [-0.15, -0.1) is 0 Å². The molecule has 0 spiro atoms. The van der Waals surface area contributed by atoms with Gasteiger partial charge in [-0.05, 0) is 25.9 Å². The van der Waals surface area contributed by atoms with Gasteiger partial charge < -0.3 is 5.32 Å². The van der Waals surface area contributed by atoms with Crippen molar-refractivity contribution in [1.29, 1.82) is 5.26 Å². The molecule has 68 valence electrons. The second-order valence-electron chi connectivity index (χ2n) is 3.29. The Kier molecular flexibility index (Phi) is 4.06. The topological polar surface area (TPSA) is 39.1 Å².